The average Bonchev–Trinajstić information content (AvgIpc) is 3.10. The summed E-state index contributed by atoms with van der Waals surface area (Å²) < 4.78 is 30.7. The molecule has 0 amide bonds. The molecule has 0 unspecified atom stereocenters. The first-order valence-corrected chi connectivity index (χ1v) is 9.12. The summed E-state index contributed by atoms with van der Waals surface area (Å²) >= 11 is 0. The van der Waals surface area contributed by atoms with Gasteiger partial charge < -0.3 is 19.3 Å². The van der Waals surface area contributed by atoms with Gasteiger partial charge >= 0.3 is 5.97 Å². The minimum Gasteiger partial charge on any atom is -0.484 e. The molecule has 4 rings (SSSR count). The predicted molar refractivity (Wildman–Crippen MR) is 104 cm³/mol. The number of benzene rings is 2. The third kappa shape index (κ3) is 3.68. The lowest BCUT2D eigenvalue weighted by molar-refractivity contribution is 0.0693. The fourth-order valence-electron chi connectivity index (χ4n) is 3.13. The van der Waals surface area contributed by atoms with Gasteiger partial charge in [-0.1, -0.05) is 26.8 Å². The van der Waals surface area contributed by atoms with Gasteiger partial charge in [-0.05, 0) is 35.2 Å². The number of pyridine rings is 1. The van der Waals surface area contributed by atoms with E-state index < -0.39 is 11.8 Å². The fourth-order valence-corrected chi connectivity index (χ4v) is 3.13. The van der Waals surface area contributed by atoms with E-state index in [-0.39, 0.29) is 35.8 Å². The van der Waals surface area contributed by atoms with Gasteiger partial charge in [0.05, 0.1) is 16.8 Å². The molecule has 0 spiro atoms. The standard InChI is InChI=1S/C22H20FNO5/c1-22(2,3)13-4-5-18(15(23)8-13)27-10-17-14(21(25)26)6-12-7-19-20(29-11-28-19)9-16(12)24-17/h4-9H,10-11H2,1-3H3,(H,25,26). The molecule has 7 heteroatoms. The number of carboxylic acids is 1. The molecule has 2 heterocycles. The van der Waals surface area contributed by atoms with Gasteiger partial charge in [0.2, 0.25) is 6.79 Å². The Morgan fingerprint density at radius 1 is 1.17 bits per heavy atom. The number of carboxylic acid groups (broad SMARTS) is 1. The second-order valence-corrected chi connectivity index (χ2v) is 7.87. The first-order valence-electron chi connectivity index (χ1n) is 9.12. The van der Waals surface area contributed by atoms with E-state index in [1.165, 1.54) is 12.1 Å². The molecule has 1 aromatic heterocycles. The Morgan fingerprint density at radius 3 is 2.55 bits per heavy atom. The monoisotopic (exact) mass is 397 g/mol. The van der Waals surface area contributed by atoms with E-state index in [0.717, 1.165) is 5.56 Å². The summed E-state index contributed by atoms with van der Waals surface area (Å²) in [7, 11) is 0. The van der Waals surface area contributed by atoms with Crippen molar-refractivity contribution in [1.82, 2.24) is 4.98 Å². The van der Waals surface area contributed by atoms with E-state index in [4.69, 9.17) is 14.2 Å². The van der Waals surface area contributed by atoms with Crippen molar-refractivity contribution in [1.29, 1.82) is 0 Å². The molecular weight excluding hydrogens is 377 g/mol. The van der Waals surface area contributed by atoms with Gasteiger partial charge in [-0.3, -0.25) is 0 Å². The van der Waals surface area contributed by atoms with Crippen LogP contribution in [0.15, 0.2) is 36.4 Å². The molecule has 0 saturated carbocycles. The van der Waals surface area contributed by atoms with Gasteiger partial charge in [0.15, 0.2) is 23.1 Å². The molecule has 1 aliphatic heterocycles. The molecule has 150 valence electrons. The summed E-state index contributed by atoms with van der Waals surface area (Å²) in [6.07, 6.45) is 0. The van der Waals surface area contributed by atoms with Crippen LogP contribution >= 0.6 is 0 Å². The summed E-state index contributed by atoms with van der Waals surface area (Å²) in [5.74, 6) is -0.510. The van der Waals surface area contributed by atoms with Crippen molar-refractivity contribution >= 4 is 16.9 Å². The molecule has 0 fully saturated rings. The third-order valence-electron chi connectivity index (χ3n) is 4.78. The fraction of sp³-hybridized carbons (Fsp3) is 0.273. The average molecular weight is 397 g/mol. The van der Waals surface area contributed by atoms with Crippen LogP contribution in [0.25, 0.3) is 10.9 Å². The summed E-state index contributed by atoms with van der Waals surface area (Å²) in [6.45, 7) is 5.90. The Labute approximate surface area is 166 Å². The van der Waals surface area contributed by atoms with Gasteiger partial charge in [0, 0.05) is 11.5 Å². The second-order valence-electron chi connectivity index (χ2n) is 7.87. The number of nitrogens with zero attached hydrogens (tertiary/aromatic N) is 1. The zero-order valence-electron chi connectivity index (χ0n) is 16.3. The van der Waals surface area contributed by atoms with Gasteiger partial charge in [-0.15, -0.1) is 0 Å². The smallest absolute Gasteiger partial charge is 0.337 e. The van der Waals surface area contributed by atoms with Gasteiger partial charge in [0.25, 0.3) is 0 Å². The van der Waals surface area contributed by atoms with Crippen LogP contribution in [-0.4, -0.2) is 22.9 Å². The van der Waals surface area contributed by atoms with E-state index in [9.17, 15) is 14.3 Å². The summed E-state index contributed by atoms with van der Waals surface area (Å²) in [4.78, 5) is 16.1. The zero-order valence-corrected chi connectivity index (χ0v) is 16.3. The molecule has 0 radical (unpaired) electrons. The molecule has 1 N–H and O–H groups in total. The highest BCUT2D eigenvalue weighted by Crippen LogP contribution is 2.36. The Balaban J connectivity index is 1.66. The number of carbonyl (C=O) groups is 1. The van der Waals surface area contributed by atoms with Crippen LogP contribution < -0.4 is 14.2 Å². The van der Waals surface area contributed by atoms with E-state index in [1.54, 1.807) is 24.3 Å². The number of ether oxygens (including phenoxy) is 3. The number of fused-ring (bicyclic) bond motifs is 2. The lowest BCUT2D eigenvalue weighted by Crippen LogP contribution is -2.12. The molecule has 0 atom stereocenters. The number of hydrogen-bond donors (Lipinski definition) is 1. The lowest BCUT2D eigenvalue weighted by atomic mass is 9.87. The number of aromatic carboxylic acids is 1. The van der Waals surface area contributed by atoms with Gasteiger partial charge in [-0.2, -0.15) is 0 Å². The molecule has 2 aromatic carbocycles. The highest BCUT2D eigenvalue weighted by Gasteiger charge is 2.20. The van der Waals surface area contributed by atoms with Crippen molar-refractivity contribution in [2.45, 2.75) is 32.8 Å². The Hall–Kier alpha value is -3.35. The Bertz CT molecular complexity index is 1120. The SMILES string of the molecule is CC(C)(C)c1ccc(OCc2nc3cc4c(cc3cc2C(=O)O)OCO4)c(F)c1. The Kier molecular flexibility index (Phi) is 4.53. The van der Waals surface area contributed by atoms with Crippen molar-refractivity contribution in [3.8, 4) is 17.2 Å². The van der Waals surface area contributed by atoms with E-state index in [2.05, 4.69) is 4.98 Å². The minimum atomic E-state index is -1.14. The van der Waals surface area contributed by atoms with Crippen molar-refractivity contribution < 1.29 is 28.5 Å². The third-order valence-corrected chi connectivity index (χ3v) is 4.78. The van der Waals surface area contributed by atoms with Crippen molar-refractivity contribution in [2.24, 2.45) is 0 Å². The summed E-state index contributed by atoms with van der Waals surface area (Å²) in [5.41, 5.74) is 1.38. The molecule has 0 bridgehead atoms. The van der Waals surface area contributed by atoms with Crippen molar-refractivity contribution in [3.63, 3.8) is 0 Å². The minimum absolute atomic E-state index is 0.0110. The highest BCUT2D eigenvalue weighted by atomic mass is 19.1. The van der Waals surface area contributed by atoms with E-state index >= 15 is 0 Å². The number of hydrogen-bond acceptors (Lipinski definition) is 5. The number of rotatable bonds is 4. The van der Waals surface area contributed by atoms with Crippen LogP contribution in [0.5, 0.6) is 17.2 Å². The molecular formula is C22H20FNO5. The molecule has 6 nitrogen and oxygen atoms in total. The quantitative estimate of drug-likeness (QED) is 0.689. The molecule has 29 heavy (non-hydrogen) atoms. The van der Waals surface area contributed by atoms with Gasteiger partial charge in [0.1, 0.15) is 6.61 Å². The molecule has 3 aromatic rings. The first-order chi connectivity index (χ1) is 13.7. The molecule has 0 aliphatic carbocycles. The zero-order chi connectivity index (χ0) is 20.8. The van der Waals surface area contributed by atoms with Crippen LogP contribution in [-0.2, 0) is 12.0 Å². The maximum atomic E-state index is 14.5. The number of aromatic nitrogens is 1. The van der Waals surface area contributed by atoms with Crippen molar-refractivity contribution in [3.05, 3.63) is 59.0 Å². The Morgan fingerprint density at radius 2 is 1.90 bits per heavy atom. The molecule has 1 aliphatic rings. The number of halogens is 1. The van der Waals surface area contributed by atoms with Crippen LogP contribution in [0.4, 0.5) is 4.39 Å². The summed E-state index contributed by atoms with van der Waals surface area (Å²) in [6, 6.07) is 9.66. The van der Waals surface area contributed by atoms with Crippen LogP contribution in [0, 0.1) is 5.82 Å². The van der Waals surface area contributed by atoms with Crippen LogP contribution in [0.3, 0.4) is 0 Å². The first kappa shape index (κ1) is 19.0. The maximum Gasteiger partial charge on any atom is 0.337 e. The molecule has 0 saturated heterocycles. The van der Waals surface area contributed by atoms with Crippen LogP contribution in [0.2, 0.25) is 0 Å². The lowest BCUT2D eigenvalue weighted by Gasteiger charge is -2.19. The van der Waals surface area contributed by atoms with E-state index in [1.807, 2.05) is 20.8 Å². The topological polar surface area (TPSA) is 77.9 Å². The van der Waals surface area contributed by atoms with Crippen LogP contribution in [0.1, 0.15) is 42.4 Å². The van der Waals surface area contributed by atoms with Gasteiger partial charge in [-0.25, -0.2) is 14.2 Å². The second kappa shape index (κ2) is 6.92. The highest BCUT2D eigenvalue weighted by molar-refractivity contribution is 5.95. The predicted octanol–water partition coefficient (Wildman–Crippen LogP) is 4.68. The summed E-state index contributed by atoms with van der Waals surface area (Å²) in [5, 5.41) is 10.2. The van der Waals surface area contributed by atoms with E-state index in [0.29, 0.717) is 22.4 Å². The maximum absolute atomic E-state index is 14.5. The van der Waals surface area contributed by atoms with Crippen molar-refractivity contribution in [2.75, 3.05) is 6.79 Å². The normalized spacial score (nSPS) is 13.0. The largest absolute Gasteiger partial charge is 0.484 e.